The van der Waals surface area contributed by atoms with Crippen molar-refractivity contribution in [1.82, 2.24) is 24.6 Å². The van der Waals surface area contributed by atoms with Gasteiger partial charge in [-0.25, -0.2) is 0 Å². The Bertz CT molecular complexity index is 777. The maximum Gasteiger partial charge on any atom is 0.274 e. The molecule has 1 unspecified atom stereocenters. The average molecular weight is 371 g/mol. The number of ether oxygens (including phenoxy) is 1. The number of carbonyl (C=O) groups is 2. The van der Waals surface area contributed by atoms with Crippen molar-refractivity contribution in [2.24, 2.45) is 7.05 Å². The molecule has 3 heterocycles. The molecule has 0 N–H and O–H groups in total. The van der Waals surface area contributed by atoms with Gasteiger partial charge < -0.3 is 14.5 Å². The van der Waals surface area contributed by atoms with Crippen molar-refractivity contribution in [3.63, 3.8) is 0 Å². The van der Waals surface area contributed by atoms with Gasteiger partial charge in [-0.2, -0.15) is 5.10 Å². The highest BCUT2D eigenvalue weighted by molar-refractivity contribution is 5.92. The second-order valence-electron chi connectivity index (χ2n) is 6.74. The number of likely N-dealkylation sites (tertiary alicyclic amines) is 1. The van der Waals surface area contributed by atoms with Gasteiger partial charge in [0.25, 0.3) is 5.91 Å². The van der Waals surface area contributed by atoms with Crippen molar-refractivity contribution < 1.29 is 14.3 Å². The summed E-state index contributed by atoms with van der Waals surface area (Å²) in [5.74, 6) is -0.181. The molecule has 3 rings (SSSR count). The van der Waals surface area contributed by atoms with Crippen molar-refractivity contribution >= 4 is 11.8 Å². The van der Waals surface area contributed by atoms with Crippen LogP contribution >= 0.6 is 0 Å². The van der Waals surface area contributed by atoms with E-state index in [4.69, 9.17) is 4.74 Å². The van der Waals surface area contributed by atoms with E-state index in [1.54, 1.807) is 46.2 Å². The molecule has 1 aliphatic heterocycles. The van der Waals surface area contributed by atoms with Gasteiger partial charge in [0.05, 0.1) is 0 Å². The Labute approximate surface area is 158 Å². The van der Waals surface area contributed by atoms with E-state index in [1.165, 1.54) is 7.11 Å². The van der Waals surface area contributed by atoms with E-state index in [0.717, 1.165) is 18.4 Å². The first kappa shape index (κ1) is 19.0. The molecular formula is C19H25N5O3. The Hall–Kier alpha value is -2.74. The zero-order chi connectivity index (χ0) is 19.2. The third-order valence-electron chi connectivity index (χ3n) is 4.72. The predicted octanol–water partition coefficient (Wildman–Crippen LogP) is 1.09. The minimum Gasteiger partial charge on any atom is -0.375 e. The van der Waals surface area contributed by atoms with Gasteiger partial charge in [-0.15, -0.1) is 0 Å². The van der Waals surface area contributed by atoms with Crippen LogP contribution in [0.5, 0.6) is 0 Å². The molecule has 8 nitrogen and oxygen atoms in total. The molecule has 2 aromatic heterocycles. The van der Waals surface area contributed by atoms with Crippen molar-refractivity contribution in [1.29, 1.82) is 0 Å². The quantitative estimate of drug-likeness (QED) is 0.759. The molecule has 1 aliphatic rings. The summed E-state index contributed by atoms with van der Waals surface area (Å²) in [5.41, 5.74) is 1.38. The van der Waals surface area contributed by atoms with Gasteiger partial charge in [0, 0.05) is 58.4 Å². The van der Waals surface area contributed by atoms with E-state index < -0.39 is 0 Å². The van der Waals surface area contributed by atoms with Crippen LogP contribution in [0.2, 0.25) is 0 Å². The highest BCUT2D eigenvalue weighted by Crippen LogP contribution is 2.20. The summed E-state index contributed by atoms with van der Waals surface area (Å²) in [5, 5.41) is 4.20. The Kier molecular flexibility index (Phi) is 6.18. The summed E-state index contributed by atoms with van der Waals surface area (Å²) in [7, 11) is 3.30. The molecular weight excluding hydrogens is 346 g/mol. The highest BCUT2D eigenvalue weighted by Gasteiger charge is 2.31. The second kappa shape index (κ2) is 8.77. The van der Waals surface area contributed by atoms with Gasteiger partial charge >= 0.3 is 0 Å². The van der Waals surface area contributed by atoms with Crippen LogP contribution in [0.25, 0.3) is 0 Å². The number of amides is 2. The Morgan fingerprint density at radius 1 is 1.37 bits per heavy atom. The lowest BCUT2D eigenvalue weighted by atomic mass is 10.0. The van der Waals surface area contributed by atoms with Crippen LogP contribution in [0.4, 0.5) is 0 Å². The fourth-order valence-corrected chi connectivity index (χ4v) is 3.40. The summed E-state index contributed by atoms with van der Waals surface area (Å²) in [6.45, 7) is 1.63. The number of rotatable bonds is 6. The number of aryl methyl sites for hydroxylation is 1. The monoisotopic (exact) mass is 371 g/mol. The molecule has 0 spiro atoms. The van der Waals surface area contributed by atoms with E-state index >= 15 is 0 Å². The van der Waals surface area contributed by atoms with Crippen LogP contribution in [-0.4, -0.2) is 69.2 Å². The van der Waals surface area contributed by atoms with Gasteiger partial charge in [-0.05, 0) is 30.5 Å². The molecule has 0 aromatic carbocycles. The first-order valence-corrected chi connectivity index (χ1v) is 9.04. The van der Waals surface area contributed by atoms with Crippen molar-refractivity contribution in [2.75, 3.05) is 26.8 Å². The fourth-order valence-electron chi connectivity index (χ4n) is 3.40. The van der Waals surface area contributed by atoms with Crippen LogP contribution in [0.3, 0.4) is 0 Å². The zero-order valence-electron chi connectivity index (χ0n) is 15.7. The number of hydrogen-bond donors (Lipinski definition) is 0. The summed E-state index contributed by atoms with van der Waals surface area (Å²) in [4.78, 5) is 33.1. The first-order chi connectivity index (χ1) is 13.1. The minimum absolute atomic E-state index is 0.0188. The topological polar surface area (TPSA) is 80.6 Å². The summed E-state index contributed by atoms with van der Waals surface area (Å²) in [6, 6.07) is 5.45. The largest absolute Gasteiger partial charge is 0.375 e. The van der Waals surface area contributed by atoms with Crippen LogP contribution in [0.1, 0.15) is 28.9 Å². The molecule has 1 atom stereocenters. The van der Waals surface area contributed by atoms with E-state index in [9.17, 15) is 9.59 Å². The normalized spacial score (nSPS) is 17.0. The lowest BCUT2D eigenvalue weighted by molar-refractivity contribution is -0.139. The maximum atomic E-state index is 12.7. The Morgan fingerprint density at radius 2 is 2.22 bits per heavy atom. The third kappa shape index (κ3) is 4.71. The Balaban J connectivity index is 1.75. The van der Waals surface area contributed by atoms with Crippen molar-refractivity contribution in [3.05, 3.63) is 48.0 Å². The van der Waals surface area contributed by atoms with Gasteiger partial charge in [-0.3, -0.25) is 19.3 Å². The number of pyridine rings is 1. The van der Waals surface area contributed by atoms with Crippen LogP contribution < -0.4 is 0 Å². The summed E-state index contributed by atoms with van der Waals surface area (Å²) in [6.07, 6.45) is 6.91. The van der Waals surface area contributed by atoms with Crippen LogP contribution in [0, 0.1) is 0 Å². The lowest BCUT2D eigenvalue weighted by Gasteiger charge is -2.39. The second-order valence-corrected chi connectivity index (χ2v) is 6.74. The average Bonchev–Trinajstić information content (AvgIpc) is 3.13. The van der Waals surface area contributed by atoms with Crippen LogP contribution in [0.15, 0.2) is 36.8 Å². The number of nitrogens with zero attached hydrogens (tertiary/aromatic N) is 5. The van der Waals surface area contributed by atoms with Crippen molar-refractivity contribution in [3.8, 4) is 0 Å². The molecule has 0 aliphatic carbocycles. The van der Waals surface area contributed by atoms with Gasteiger partial charge in [0.2, 0.25) is 5.91 Å². The van der Waals surface area contributed by atoms with Gasteiger partial charge in [0.1, 0.15) is 12.3 Å². The molecule has 0 bridgehead atoms. The molecule has 0 saturated carbocycles. The first-order valence-electron chi connectivity index (χ1n) is 9.04. The molecule has 1 saturated heterocycles. The molecule has 0 radical (unpaired) electrons. The smallest absolute Gasteiger partial charge is 0.274 e. The molecule has 27 heavy (non-hydrogen) atoms. The SMILES string of the molecule is COCC(=O)N(Cc1cccnc1)C1CCCN(C(=O)c2ccn(C)n2)C1. The number of piperidine rings is 1. The summed E-state index contributed by atoms with van der Waals surface area (Å²) >= 11 is 0. The summed E-state index contributed by atoms with van der Waals surface area (Å²) < 4.78 is 6.68. The molecule has 144 valence electrons. The third-order valence-corrected chi connectivity index (χ3v) is 4.72. The highest BCUT2D eigenvalue weighted by atomic mass is 16.5. The fraction of sp³-hybridized carbons (Fsp3) is 0.474. The van der Waals surface area contributed by atoms with E-state index in [1.807, 2.05) is 12.1 Å². The molecule has 8 heteroatoms. The van der Waals surface area contributed by atoms with Crippen LogP contribution in [-0.2, 0) is 23.1 Å². The van der Waals surface area contributed by atoms with E-state index in [0.29, 0.717) is 25.3 Å². The zero-order valence-corrected chi connectivity index (χ0v) is 15.7. The minimum atomic E-state index is -0.0965. The maximum absolute atomic E-state index is 12.7. The number of hydrogen-bond acceptors (Lipinski definition) is 5. The predicted molar refractivity (Wildman–Crippen MR) is 98.8 cm³/mol. The Morgan fingerprint density at radius 3 is 2.89 bits per heavy atom. The number of methoxy groups -OCH3 is 1. The van der Waals surface area contributed by atoms with Crippen molar-refractivity contribution in [2.45, 2.75) is 25.4 Å². The number of aromatic nitrogens is 3. The van der Waals surface area contributed by atoms with Gasteiger partial charge in [0.15, 0.2) is 0 Å². The van der Waals surface area contributed by atoms with E-state index in [-0.39, 0.29) is 24.5 Å². The van der Waals surface area contributed by atoms with Gasteiger partial charge in [-0.1, -0.05) is 6.07 Å². The standard InChI is InChI=1S/C19H25N5O3/c1-22-10-7-17(21-22)19(26)23-9-4-6-16(13-23)24(18(25)14-27-2)12-15-5-3-8-20-11-15/h3,5,7-8,10-11,16H,4,6,9,12-14H2,1-2H3. The number of carbonyl (C=O) groups excluding carboxylic acids is 2. The lowest BCUT2D eigenvalue weighted by Crippen LogP contribution is -2.52. The molecule has 2 amide bonds. The molecule has 2 aromatic rings. The molecule has 1 fully saturated rings. The van der Waals surface area contributed by atoms with E-state index in [2.05, 4.69) is 10.1 Å².